The van der Waals surface area contributed by atoms with Crippen molar-refractivity contribution in [1.82, 2.24) is 10.2 Å². The standard InChI is InChI=1S/C19H18N4O2/c1-14(24)20-18-11-12-19(23-22-18)21-16-7-9-17(10-8-16)25-13-15-5-3-2-4-6-15/h2-12H,13H2,1H3,(H,21,23)(H,20,22,24). The minimum Gasteiger partial charge on any atom is -0.489 e. The summed E-state index contributed by atoms with van der Waals surface area (Å²) >= 11 is 0. The molecule has 0 aliphatic rings. The minimum atomic E-state index is -0.180. The summed E-state index contributed by atoms with van der Waals surface area (Å²) < 4.78 is 5.75. The number of aromatic nitrogens is 2. The van der Waals surface area contributed by atoms with Crippen LogP contribution in [-0.4, -0.2) is 16.1 Å². The Labute approximate surface area is 145 Å². The van der Waals surface area contributed by atoms with Crippen LogP contribution < -0.4 is 15.4 Å². The van der Waals surface area contributed by atoms with Crippen molar-refractivity contribution < 1.29 is 9.53 Å². The van der Waals surface area contributed by atoms with E-state index < -0.39 is 0 Å². The molecule has 1 heterocycles. The predicted octanol–water partition coefficient (Wildman–Crippen LogP) is 3.76. The summed E-state index contributed by atoms with van der Waals surface area (Å²) in [4.78, 5) is 11.0. The second-order valence-electron chi connectivity index (χ2n) is 5.41. The normalized spacial score (nSPS) is 10.1. The predicted molar refractivity (Wildman–Crippen MR) is 96.8 cm³/mol. The molecule has 2 aromatic carbocycles. The number of ether oxygens (including phenoxy) is 1. The number of carbonyl (C=O) groups excluding carboxylic acids is 1. The Morgan fingerprint density at radius 1 is 0.920 bits per heavy atom. The van der Waals surface area contributed by atoms with Gasteiger partial charge in [0.15, 0.2) is 11.6 Å². The van der Waals surface area contributed by atoms with E-state index in [9.17, 15) is 4.79 Å². The molecular formula is C19H18N4O2. The summed E-state index contributed by atoms with van der Waals surface area (Å²) in [5.41, 5.74) is 1.99. The van der Waals surface area contributed by atoms with Gasteiger partial charge in [0, 0.05) is 12.6 Å². The SMILES string of the molecule is CC(=O)Nc1ccc(Nc2ccc(OCc3ccccc3)cc2)nn1. The van der Waals surface area contributed by atoms with Crippen molar-refractivity contribution in [2.24, 2.45) is 0 Å². The van der Waals surface area contributed by atoms with Gasteiger partial charge in [-0.3, -0.25) is 4.79 Å². The van der Waals surface area contributed by atoms with Crippen LogP contribution in [0.15, 0.2) is 66.7 Å². The molecule has 0 aliphatic heterocycles. The van der Waals surface area contributed by atoms with Crippen molar-refractivity contribution in [3.8, 4) is 5.75 Å². The van der Waals surface area contributed by atoms with E-state index >= 15 is 0 Å². The van der Waals surface area contributed by atoms with E-state index in [0.717, 1.165) is 17.0 Å². The molecule has 2 N–H and O–H groups in total. The third-order valence-electron chi connectivity index (χ3n) is 3.34. The van der Waals surface area contributed by atoms with Crippen LogP contribution in [-0.2, 0) is 11.4 Å². The Bertz CT molecular complexity index is 818. The zero-order chi connectivity index (χ0) is 17.5. The molecule has 3 aromatic rings. The second kappa shape index (κ2) is 7.92. The van der Waals surface area contributed by atoms with E-state index in [1.807, 2.05) is 54.6 Å². The van der Waals surface area contributed by atoms with Crippen LogP contribution >= 0.6 is 0 Å². The molecule has 126 valence electrons. The average molecular weight is 334 g/mol. The lowest BCUT2D eigenvalue weighted by Crippen LogP contribution is -2.08. The van der Waals surface area contributed by atoms with Crippen LogP contribution in [0.1, 0.15) is 12.5 Å². The van der Waals surface area contributed by atoms with E-state index in [1.165, 1.54) is 6.92 Å². The first-order valence-electron chi connectivity index (χ1n) is 7.84. The fourth-order valence-corrected chi connectivity index (χ4v) is 2.17. The molecule has 0 fully saturated rings. The number of carbonyl (C=O) groups is 1. The lowest BCUT2D eigenvalue weighted by atomic mass is 10.2. The van der Waals surface area contributed by atoms with Gasteiger partial charge in [-0.05, 0) is 42.0 Å². The highest BCUT2D eigenvalue weighted by Gasteiger charge is 2.01. The van der Waals surface area contributed by atoms with Gasteiger partial charge in [0.2, 0.25) is 5.91 Å². The van der Waals surface area contributed by atoms with Crippen LogP contribution in [0.5, 0.6) is 5.75 Å². The van der Waals surface area contributed by atoms with Gasteiger partial charge in [0.1, 0.15) is 12.4 Å². The highest BCUT2D eigenvalue weighted by molar-refractivity contribution is 5.87. The molecule has 0 atom stereocenters. The Hall–Kier alpha value is -3.41. The molecule has 0 unspecified atom stereocenters. The number of rotatable bonds is 6. The lowest BCUT2D eigenvalue weighted by Gasteiger charge is -2.09. The molecule has 0 spiro atoms. The third kappa shape index (κ3) is 5.04. The third-order valence-corrected chi connectivity index (χ3v) is 3.34. The first-order valence-corrected chi connectivity index (χ1v) is 7.84. The van der Waals surface area contributed by atoms with E-state index in [4.69, 9.17) is 4.74 Å². The number of nitrogens with zero attached hydrogens (tertiary/aromatic N) is 2. The van der Waals surface area contributed by atoms with Crippen LogP contribution in [0.25, 0.3) is 0 Å². The number of hydrogen-bond donors (Lipinski definition) is 2. The van der Waals surface area contributed by atoms with Gasteiger partial charge in [-0.15, -0.1) is 10.2 Å². The summed E-state index contributed by atoms with van der Waals surface area (Å²) in [6.07, 6.45) is 0. The first kappa shape index (κ1) is 16.4. The molecule has 0 saturated heterocycles. The topological polar surface area (TPSA) is 76.1 Å². The molecule has 6 heteroatoms. The molecule has 0 bridgehead atoms. The zero-order valence-electron chi connectivity index (χ0n) is 13.8. The maximum Gasteiger partial charge on any atom is 0.222 e. The van der Waals surface area contributed by atoms with E-state index in [2.05, 4.69) is 20.8 Å². The quantitative estimate of drug-likeness (QED) is 0.718. The van der Waals surface area contributed by atoms with Crippen molar-refractivity contribution in [2.75, 3.05) is 10.6 Å². The van der Waals surface area contributed by atoms with Crippen molar-refractivity contribution in [3.05, 3.63) is 72.3 Å². The fourth-order valence-electron chi connectivity index (χ4n) is 2.17. The lowest BCUT2D eigenvalue weighted by molar-refractivity contribution is -0.114. The van der Waals surface area contributed by atoms with Crippen LogP contribution in [0, 0.1) is 0 Å². The number of anilines is 3. The minimum absolute atomic E-state index is 0.180. The molecule has 1 aromatic heterocycles. The maximum atomic E-state index is 11.0. The number of amides is 1. The van der Waals surface area contributed by atoms with Crippen molar-refractivity contribution in [2.45, 2.75) is 13.5 Å². The Morgan fingerprint density at radius 2 is 1.60 bits per heavy atom. The summed E-state index contributed by atoms with van der Waals surface area (Å²) in [6, 6.07) is 21.1. The number of hydrogen-bond acceptors (Lipinski definition) is 5. The van der Waals surface area contributed by atoms with Crippen LogP contribution in [0.3, 0.4) is 0 Å². The molecule has 0 saturated carbocycles. The van der Waals surface area contributed by atoms with Crippen LogP contribution in [0.4, 0.5) is 17.3 Å². The first-order chi connectivity index (χ1) is 12.2. The molecule has 0 aliphatic carbocycles. The summed E-state index contributed by atoms with van der Waals surface area (Å²) in [7, 11) is 0. The van der Waals surface area contributed by atoms with Crippen molar-refractivity contribution >= 4 is 23.2 Å². The molecule has 25 heavy (non-hydrogen) atoms. The van der Waals surface area contributed by atoms with Gasteiger partial charge in [0.25, 0.3) is 0 Å². The van der Waals surface area contributed by atoms with Gasteiger partial charge in [-0.2, -0.15) is 0 Å². The summed E-state index contributed by atoms with van der Waals surface area (Å²) in [5.74, 6) is 1.62. The highest BCUT2D eigenvalue weighted by atomic mass is 16.5. The zero-order valence-corrected chi connectivity index (χ0v) is 13.8. The van der Waals surface area contributed by atoms with Gasteiger partial charge < -0.3 is 15.4 Å². The fraction of sp³-hybridized carbons (Fsp3) is 0.105. The highest BCUT2D eigenvalue weighted by Crippen LogP contribution is 2.20. The van der Waals surface area contributed by atoms with Gasteiger partial charge in [0.05, 0.1) is 0 Å². The largest absolute Gasteiger partial charge is 0.489 e. The summed E-state index contributed by atoms with van der Waals surface area (Å²) in [6.45, 7) is 1.96. The molecule has 3 rings (SSSR count). The van der Waals surface area contributed by atoms with Gasteiger partial charge in [-0.25, -0.2) is 0 Å². The maximum absolute atomic E-state index is 11.0. The molecule has 0 radical (unpaired) electrons. The van der Waals surface area contributed by atoms with Crippen molar-refractivity contribution in [3.63, 3.8) is 0 Å². The smallest absolute Gasteiger partial charge is 0.222 e. The Balaban J connectivity index is 1.56. The van der Waals surface area contributed by atoms with Crippen LogP contribution in [0.2, 0.25) is 0 Å². The van der Waals surface area contributed by atoms with Gasteiger partial charge >= 0.3 is 0 Å². The molecule has 1 amide bonds. The molecule has 6 nitrogen and oxygen atoms in total. The van der Waals surface area contributed by atoms with E-state index in [1.54, 1.807) is 12.1 Å². The molecular weight excluding hydrogens is 316 g/mol. The van der Waals surface area contributed by atoms with E-state index in [-0.39, 0.29) is 5.91 Å². The number of nitrogens with one attached hydrogen (secondary N) is 2. The Kier molecular flexibility index (Phi) is 5.21. The summed E-state index contributed by atoms with van der Waals surface area (Å²) in [5, 5.41) is 13.7. The second-order valence-corrected chi connectivity index (χ2v) is 5.41. The van der Waals surface area contributed by atoms with Crippen molar-refractivity contribution in [1.29, 1.82) is 0 Å². The average Bonchev–Trinajstić information content (AvgIpc) is 2.63. The van der Waals surface area contributed by atoms with E-state index in [0.29, 0.717) is 18.2 Å². The Morgan fingerprint density at radius 3 is 2.24 bits per heavy atom. The van der Waals surface area contributed by atoms with Gasteiger partial charge in [-0.1, -0.05) is 30.3 Å². The number of benzene rings is 2. The monoisotopic (exact) mass is 334 g/mol.